The van der Waals surface area contributed by atoms with Gasteiger partial charge in [-0.2, -0.15) is 14.7 Å². The predicted molar refractivity (Wildman–Crippen MR) is 87.5 cm³/mol. The lowest BCUT2D eigenvalue weighted by atomic mass is 10.0. The van der Waals surface area contributed by atoms with Gasteiger partial charge in [0.15, 0.2) is 5.82 Å². The zero-order valence-electron chi connectivity index (χ0n) is 13.7. The molecule has 126 valence electrons. The summed E-state index contributed by atoms with van der Waals surface area (Å²) in [6.07, 6.45) is 2.38. The topological polar surface area (TPSA) is 103 Å². The van der Waals surface area contributed by atoms with E-state index in [-0.39, 0.29) is 10.5 Å². The van der Waals surface area contributed by atoms with Crippen LogP contribution < -0.4 is 0 Å². The van der Waals surface area contributed by atoms with E-state index in [4.69, 9.17) is 0 Å². The molecule has 1 atom stereocenters. The van der Waals surface area contributed by atoms with E-state index in [9.17, 15) is 13.7 Å². The molecule has 1 aliphatic heterocycles. The minimum Gasteiger partial charge on any atom is -0.263 e. The number of nitrogens with zero attached hydrogens (tertiary/aromatic N) is 4. The second kappa shape index (κ2) is 6.34. The maximum absolute atomic E-state index is 13.2. The summed E-state index contributed by atoms with van der Waals surface area (Å²) in [4.78, 5) is 4.37. The van der Waals surface area contributed by atoms with E-state index in [1.54, 1.807) is 26.0 Å². The maximum Gasteiger partial charge on any atom is 0.245 e. The monoisotopic (exact) mass is 345 g/mol. The first-order valence-electron chi connectivity index (χ1n) is 7.85. The van der Waals surface area contributed by atoms with Crippen LogP contribution in [0.3, 0.4) is 0 Å². The third-order valence-corrected chi connectivity index (χ3v) is 6.25. The van der Waals surface area contributed by atoms with Crippen LogP contribution in [0.2, 0.25) is 0 Å². The summed E-state index contributed by atoms with van der Waals surface area (Å²) in [5, 5.41) is 16.3. The summed E-state index contributed by atoms with van der Waals surface area (Å²) in [6.45, 7) is 3.93. The lowest BCUT2D eigenvalue weighted by molar-refractivity contribution is 0.247. The number of benzene rings is 1. The van der Waals surface area contributed by atoms with Gasteiger partial charge in [0.25, 0.3) is 0 Å². The third kappa shape index (κ3) is 2.81. The number of sulfonamides is 1. The fourth-order valence-electron chi connectivity index (χ4n) is 3.09. The maximum atomic E-state index is 13.2. The number of piperidine rings is 1. The number of hydrogen-bond donors (Lipinski definition) is 1. The molecule has 2 aromatic rings. The van der Waals surface area contributed by atoms with E-state index < -0.39 is 16.1 Å². The van der Waals surface area contributed by atoms with Gasteiger partial charge in [-0.1, -0.05) is 18.6 Å². The number of rotatable bonds is 3. The van der Waals surface area contributed by atoms with Crippen molar-refractivity contribution in [2.45, 2.75) is 44.0 Å². The first-order valence-corrected chi connectivity index (χ1v) is 9.29. The Balaban J connectivity index is 2.08. The minimum absolute atomic E-state index is 0.0594. The van der Waals surface area contributed by atoms with Crippen molar-refractivity contribution >= 4 is 10.0 Å². The van der Waals surface area contributed by atoms with E-state index >= 15 is 0 Å². The largest absolute Gasteiger partial charge is 0.263 e. The first kappa shape index (κ1) is 16.6. The molecule has 8 heteroatoms. The number of hydrogen-bond acceptors (Lipinski definition) is 5. The molecule has 1 aromatic heterocycles. The summed E-state index contributed by atoms with van der Waals surface area (Å²) in [5.74, 6) is 1.14. The third-order valence-electron chi connectivity index (χ3n) is 4.30. The van der Waals surface area contributed by atoms with E-state index in [0.29, 0.717) is 30.2 Å². The van der Waals surface area contributed by atoms with Crippen LogP contribution >= 0.6 is 0 Å². The standard InChI is InChI=1S/C16H19N5O2S/c1-11-6-5-8-15(13(11)10-17)24(22,23)21-9-4-3-7-14(21)16-18-12(2)19-20-16/h5-6,8,14H,3-4,7,9H2,1-2H3,(H,18,19,20)/t14-/m1/s1. The highest BCUT2D eigenvalue weighted by Gasteiger charge is 2.37. The van der Waals surface area contributed by atoms with Crippen molar-refractivity contribution in [3.8, 4) is 6.07 Å². The molecule has 3 rings (SSSR count). The van der Waals surface area contributed by atoms with E-state index in [0.717, 1.165) is 12.8 Å². The van der Waals surface area contributed by atoms with Gasteiger partial charge in [-0.15, -0.1) is 0 Å². The SMILES string of the molecule is Cc1nc([C@H]2CCCCN2S(=O)(=O)c2cccc(C)c2C#N)n[nH]1. The fraction of sp³-hybridized carbons (Fsp3) is 0.438. The molecule has 0 saturated carbocycles. The molecule has 2 heterocycles. The molecule has 0 radical (unpaired) electrons. The lowest BCUT2D eigenvalue weighted by Gasteiger charge is -2.33. The quantitative estimate of drug-likeness (QED) is 0.918. The van der Waals surface area contributed by atoms with Gasteiger partial charge in [0.1, 0.15) is 16.8 Å². The highest BCUT2D eigenvalue weighted by Crippen LogP contribution is 2.35. The zero-order valence-corrected chi connectivity index (χ0v) is 14.5. The van der Waals surface area contributed by atoms with Crippen molar-refractivity contribution in [3.05, 3.63) is 41.0 Å². The Morgan fingerprint density at radius 3 is 2.79 bits per heavy atom. The summed E-state index contributed by atoms with van der Waals surface area (Å²) < 4.78 is 27.9. The number of nitriles is 1. The number of aryl methyl sites for hydroxylation is 2. The molecule has 1 saturated heterocycles. The smallest absolute Gasteiger partial charge is 0.245 e. The molecule has 0 spiro atoms. The minimum atomic E-state index is -3.80. The van der Waals surface area contributed by atoms with Gasteiger partial charge in [-0.25, -0.2) is 13.4 Å². The molecule has 1 N–H and O–H groups in total. The highest BCUT2D eigenvalue weighted by molar-refractivity contribution is 7.89. The van der Waals surface area contributed by atoms with Crippen molar-refractivity contribution in [1.29, 1.82) is 5.26 Å². The van der Waals surface area contributed by atoms with Crippen LogP contribution in [-0.2, 0) is 10.0 Å². The average Bonchev–Trinajstić information content (AvgIpc) is 3.01. The molecule has 1 aliphatic rings. The number of aromatic amines is 1. The Labute approximate surface area is 141 Å². The molecule has 1 fully saturated rings. The molecule has 0 unspecified atom stereocenters. The molecule has 1 aromatic carbocycles. The Hall–Kier alpha value is -2.24. The van der Waals surface area contributed by atoms with Crippen molar-refractivity contribution in [2.24, 2.45) is 0 Å². The van der Waals surface area contributed by atoms with Crippen molar-refractivity contribution in [1.82, 2.24) is 19.5 Å². The Morgan fingerprint density at radius 1 is 1.33 bits per heavy atom. The van der Waals surface area contributed by atoms with Crippen molar-refractivity contribution in [3.63, 3.8) is 0 Å². The van der Waals surface area contributed by atoms with Crippen LogP contribution in [0, 0.1) is 25.2 Å². The zero-order chi connectivity index (χ0) is 17.3. The normalized spacial score (nSPS) is 19.1. The second-order valence-corrected chi connectivity index (χ2v) is 7.83. The Morgan fingerprint density at radius 2 is 2.12 bits per heavy atom. The van der Waals surface area contributed by atoms with Crippen LogP contribution in [0.25, 0.3) is 0 Å². The molecule has 24 heavy (non-hydrogen) atoms. The summed E-state index contributed by atoms with van der Waals surface area (Å²) in [7, 11) is -3.80. The van der Waals surface area contributed by atoms with Gasteiger partial charge < -0.3 is 0 Å². The van der Waals surface area contributed by atoms with Gasteiger partial charge in [0.05, 0.1) is 11.6 Å². The Kier molecular flexibility index (Phi) is 4.39. The van der Waals surface area contributed by atoms with Gasteiger partial charge >= 0.3 is 0 Å². The average molecular weight is 345 g/mol. The van der Waals surface area contributed by atoms with Crippen LogP contribution in [0.4, 0.5) is 0 Å². The lowest BCUT2D eigenvalue weighted by Crippen LogP contribution is -2.39. The first-order chi connectivity index (χ1) is 11.4. The molecular formula is C16H19N5O2S. The second-order valence-electron chi connectivity index (χ2n) is 5.97. The van der Waals surface area contributed by atoms with Crippen molar-refractivity contribution in [2.75, 3.05) is 6.54 Å². The molecule has 0 bridgehead atoms. The summed E-state index contributed by atoms with van der Waals surface area (Å²) in [5.41, 5.74) is 0.855. The number of nitrogens with one attached hydrogen (secondary N) is 1. The molecular weight excluding hydrogens is 326 g/mol. The van der Waals surface area contributed by atoms with Crippen LogP contribution in [-0.4, -0.2) is 34.4 Å². The number of aromatic nitrogens is 3. The van der Waals surface area contributed by atoms with Gasteiger partial charge in [-0.05, 0) is 38.3 Å². The Bertz CT molecular complexity index is 897. The van der Waals surface area contributed by atoms with Gasteiger partial charge in [0.2, 0.25) is 10.0 Å². The van der Waals surface area contributed by atoms with Crippen LogP contribution in [0.1, 0.15) is 48.1 Å². The van der Waals surface area contributed by atoms with Crippen molar-refractivity contribution < 1.29 is 8.42 Å². The van der Waals surface area contributed by atoms with Crippen LogP contribution in [0.5, 0.6) is 0 Å². The highest BCUT2D eigenvalue weighted by atomic mass is 32.2. The number of H-pyrrole nitrogens is 1. The summed E-state index contributed by atoms with van der Waals surface area (Å²) >= 11 is 0. The molecule has 7 nitrogen and oxygen atoms in total. The van der Waals surface area contributed by atoms with E-state index in [2.05, 4.69) is 15.2 Å². The fourth-order valence-corrected chi connectivity index (χ4v) is 4.96. The van der Waals surface area contributed by atoms with Crippen LogP contribution in [0.15, 0.2) is 23.1 Å². The van der Waals surface area contributed by atoms with Gasteiger partial charge in [0, 0.05) is 6.54 Å². The predicted octanol–water partition coefficient (Wildman–Crippen LogP) is 2.21. The molecule has 0 amide bonds. The molecule has 0 aliphatic carbocycles. The van der Waals surface area contributed by atoms with Gasteiger partial charge in [-0.3, -0.25) is 5.10 Å². The van der Waals surface area contributed by atoms with E-state index in [1.165, 1.54) is 10.4 Å². The summed E-state index contributed by atoms with van der Waals surface area (Å²) in [6, 6.07) is 6.52. The van der Waals surface area contributed by atoms with E-state index in [1.807, 2.05) is 6.07 Å².